The number of hydrogen-bond donors (Lipinski definition) is 1. The second-order valence-corrected chi connectivity index (χ2v) is 10.7. The van der Waals surface area contributed by atoms with Gasteiger partial charge in [0.05, 0.1) is 4.90 Å². The predicted molar refractivity (Wildman–Crippen MR) is 124 cm³/mol. The molecule has 3 atom stereocenters. The standard InChI is InChI=1S/C25H24ClNO4S/c1-17-7-13-21(14-8-17)32(30,31)23-15-22(19-9-11-20(26)12-10-19)24(28)27(25(23)29)16-18-5-3-2-4-6-18/h2-14,22-24,28H,15-16H2,1H3. The molecule has 1 saturated heterocycles. The Morgan fingerprint density at radius 3 is 2.22 bits per heavy atom. The first-order valence-corrected chi connectivity index (χ1v) is 12.3. The minimum atomic E-state index is -3.95. The summed E-state index contributed by atoms with van der Waals surface area (Å²) in [7, 11) is -3.95. The molecule has 166 valence electrons. The number of aliphatic hydroxyl groups excluding tert-OH is 1. The lowest BCUT2D eigenvalue weighted by Crippen LogP contribution is -2.55. The molecule has 1 N–H and O–H groups in total. The van der Waals surface area contributed by atoms with Crippen LogP contribution in [0.25, 0.3) is 0 Å². The molecule has 1 fully saturated rings. The van der Waals surface area contributed by atoms with E-state index in [0.717, 1.165) is 16.7 Å². The fourth-order valence-electron chi connectivity index (χ4n) is 4.11. The summed E-state index contributed by atoms with van der Waals surface area (Å²) in [6, 6.07) is 22.6. The molecule has 0 radical (unpaired) electrons. The molecule has 1 aliphatic heterocycles. The Morgan fingerprint density at radius 1 is 0.969 bits per heavy atom. The molecule has 3 unspecified atom stereocenters. The third-order valence-corrected chi connectivity index (χ3v) is 8.25. The number of amides is 1. The highest BCUT2D eigenvalue weighted by Gasteiger charge is 2.47. The van der Waals surface area contributed by atoms with Crippen LogP contribution in [0.3, 0.4) is 0 Å². The van der Waals surface area contributed by atoms with E-state index >= 15 is 0 Å². The van der Waals surface area contributed by atoms with E-state index in [2.05, 4.69) is 0 Å². The molecule has 0 spiro atoms. The van der Waals surface area contributed by atoms with Crippen molar-refractivity contribution in [2.24, 2.45) is 0 Å². The van der Waals surface area contributed by atoms with Crippen molar-refractivity contribution >= 4 is 27.3 Å². The van der Waals surface area contributed by atoms with Gasteiger partial charge < -0.3 is 10.0 Å². The molecular formula is C25H24ClNO4S. The summed E-state index contributed by atoms with van der Waals surface area (Å²) in [4.78, 5) is 14.8. The highest BCUT2D eigenvalue weighted by atomic mass is 35.5. The zero-order valence-electron chi connectivity index (χ0n) is 17.6. The van der Waals surface area contributed by atoms with Crippen LogP contribution in [0.2, 0.25) is 5.02 Å². The number of carbonyl (C=O) groups is 1. The van der Waals surface area contributed by atoms with Crippen molar-refractivity contribution in [1.82, 2.24) is 4.90 Å². The summed E-state index contributed by atoms with van der Waals surface area (Å²) in [5, 5.41) is 10.4. The first-order chi connectivity index (χ1) is 15.3. The van der Waals surface area contributed by atoms with E-state index in [0.29, 0.717) is 5.02 Å². The van der Waals surface area contributed by atoms with E-state index in [1.807, 2.05) is 37.3 Å². The normalized spacial score (nSPS) is 21.5. The van der Waals surface area contributed by atoms with Crippen LogP contribution in [0.4, 0.5) is 0 Å². The van der Waals surface area contributed by atoms with E-state index in [1.54, 1.807) is 36.4 Å². The number of sulfone groups is 1. The van der Waals surface area contributed by atoms with Gasteiger partial charge in [-0.2, -0.15) is 0 Å². The molecule has 32 heavy (non-hydrogen) atoms. The van der Waals surface area contributed by atoms with Crippen LogP contribution in [0.1, 0.15) is 29.0 Å². The minimum absolute atomic E-state index is 0.0108. The van der Waals surface area contributed by atoms with Crippen LogP contribution in [0, 0.1) is 6.92 Å². The van der Waals surface area contributed by atoms with Crippen LogP contribution in [-0.2, 0) is 21.2 Å². The first kappa shape index (κ1) is 22.5. The van der Waals surface area contributed by atoms with Gasteiger partial charge in [0.15, 0.2) is 9.84 Å². The second kappa shape index (κ2) is 9.06. The van der Waals surface area contributed by atoms with Gasteiger partial charge >= 0.3 is 0 Å². The number of nitrogens with zero attached hydrogens (tertiary/aromatic N) is 1. The van der Waals surface area contributed by atoms with Gasteiger partial charge in [0, 0.05) is 17.5 Å². The lowest BCUT2D eigenvalue weighted by Gasteiger charge is -2.41. The van der Waals surface area contributed by atoms with Crippen LogP contribution in [-0.4, -0.2) is 35.8 Å². The summed E-state index contributed by atoms with van der Waals surface area (Å²) in [6.45, 7) is 1.99. The molecule has 0 saturated carbocycles. The molecule has 4 rings (SSSR count). The Balaban J connectivity index is 1.75. The maximum atomic E-state index is 13.5. The zero-order chi connectivity index (χ0) is 22.9. The number of likely N-dealkylation sites (tertiary alicyclic amines) is 1. The molecule has 7 heteroatoms. The Labute approximate surface area is 193 Å². The van der Waals surface area contributed by atoms with Crippen LogP contribution in [0.5, 0.6) is 0 Å². The van der Waals surface area contributed by atoms with Crippen molar-refractivity contribution in [2.75, 3.05) is 0 Å². The number of piperidine rings is 1. The van der Waals surface area contributed by atoms with E-state index in [4.69, 9.17) is 11.6 Å². The fraction of sp³-hybridized carbons (Fsp3) is 0.240. The lowest BCUT2D eigenvalue weighted by atomic mass is 9.88. The molecule has 3 aromatic carbocycles. The SMILES string of the molecule is Cc1ccc(S(=O)(=O)C2CC(c3ccc(Cl)cc3)C(O)N(Cc3ccccc3)C2=O)cc1. The Bertz CT molecular complexity index is 1190. The van der Waals surface area contributed by atoms with E-state index in [9.17, 15) is 18.3 Å². The number of rotatable bonds is 5. The smallest absolute Gasteiger partial charge is 0.243 e. The number of aliphatic hydroxyl groups is 1. The van der Waals surface area contributed by atoms with Gasteiger partial charge in [-0.15, -0.1) is 0 Å². The van der Waals surface area contributed by atoms with Gasteiger partial charge in [-0.25, -0.2) is 8.42 Å². The molecule has 5 nitrogen and oxygen atoms in total. The third kappa shape index (κ3) is 4.44. The van der Waals surface area contributed by atoms with E-state index in [1.165, 1.54) is 17.0 Å². The zero-order valence-corrected chi connectivity index (χ0v) is 19.1. The largest absolute Gasteiger partial charge is 0.373 e. The number of halogens is 1. The summed E-state index contributed by atoms with van der Waals surface area (Å²) in [6.07, 6.45) is -1.17. The van der Waals surface area contributed by atoms with Crippen LogP contribution < -0.4 is 0 Å². The van der Waals surface area contributed by atoms with Crippen molar-refractivity contribution < 1.29 is 18.3 Å². The van der Waals surface area contributed by atoms with Gasteiger partial charge in [-0.3, -0.25) is 4.79 Å². The molecule has 3 aromatic rings. The maximum absolute atomic E-state index is 13.5. The summed E-state index contributed by atoms with van der Waals surface area (Å²) in [5.74, 6) is -1.16. The van der Waals surface area contributed by atoms with Crippen LogP contribution >= 0.6 is 11.6 Å². The van der Waals surface area contributed by atoms with Gasteiger partial charge in [0.2, 0.25) is 5.91 Å². The van der Waals surface area contributed by atoms with E-state index < -0.39 is 33.1 Å². The van der Waals surface area contributed by atoms with Crippen molar-refractivity contribution in [3.8, 4) is 0 Å². The van der Waals surface area contributed by atoms with Crippen molar-refractivity contribution in [2.45, 2.75) is 42.2 Å². The summed E-state index contributed by atoms with van der Waals surface area (Å²) >= 11 is 6.02. The molecule has 0 aliphatic carbocycles. The molecule has 0 bridgehead atoms. The van der Waals surface area contributed by atoms with Gasteiger partial charge in [-0.05, 0) is 48.7 Å². The fourth-order valence-corrected chi connectivity index (χ4v) is 5.94. The van der Waals surface area contributed by atoms with Crippen molar-refractivity contribution in [1.29, 1.82) is 0 Å². The Hall–Kier alpha value is -2.67. The quantitative estimate of drug-likeness (QED) is 0.603. The molecular weight excluding hydrogens is 446 g/mol. The summed E-state index contributed by atoms with van der Waals surface area (Å²) in [5.41, 5.74) is 2.47. The molecule has 0 aromatic heterocycles. The van der Waals surface area contributed by atoms with Gasteiger partial charge in [0.1, 0.15) is 11.5 Å². The third-order valence-electron chi connectivity index (χ3n) is 5.92. The maximum Gasteiger partial charge on any atom is 0.243 e. The van der Waals surface area contributed by atoms with Gasteiger partial charge in [-0.1, -0.05) is 71.8 Å². The Morgan fingerprint density at radius 2 is 1.59 bits per heavy atom. The Kier molecular flexibility index (Phi) is 6.38. The number of carbonyl (C=O) groups excluding carboxylic acids is 1. The molecule has 1 amide bonds. The highest BCUT2D eigenvalue weighted by Crippen LogP contribution is 2.38. The molecule has 1 aliphatic rings. The number of benzene rings is 3. The highest BCUT2D eigenvalue weighted by molar-refractivity contribution is 7.92. The average molecular weight is 470 g/mol. The van der Waals surface area contributed by atoms with Crippen molar-refractivity contribution in [3.63, 3.8) is 0 Å². The van der Waals surface area contributed by atoms with E-state index in [-0.39, 0.29) is 17.9 Å². The minimum Gasteiger partial charge on any atom is -0.373 e. The average Bonchev–Trinajstić information content (AvgIpc) is 2.78. The first-order valence-electron chi connectivity index (χ1n) is 10.4. The predicted octanol–water partition coefficient (Wildman–Crippen LogP) is 4.33. The lowest BCUT2D eigenvalue weighted by molar-refractivity contribution is -0.149. The topological polar surface area (TPSA) is 74.7 Å². The number of hydrogen-bond acceptors (Lipinski definition) is 4. The summed E-state index contributed by atoms with van der Waals surface area (Å²) < 4.78 is 27.0. The van der Waals surface area contributed by atoms with Gasteiger partial charge in [0.25, 0.3) is 0 Å². The van der Waals surface area contributed by atoms with Crippen LogP contribution in [0.15, 0.2) is 83.8 Å². The monoisotopic (exact) mass is 469 g/mol. The second-order valence-electron chi connectivity index (χ2n) is 8.11. The number of aryl methyl sites for hydroxylation is 1. The molecule has 1 heterocycles. The van der Waals surface area contributed by atoms with Crippen molar-refractivity contribution in [3.05, 3.63) is 101 Å².